The fraction of sp³-hybridized carbons (Fsp3) is 0.125. The predicted molar refractivity (Wildman–Crippen MR) is 97.9 cm³/mol. The van der Waals surface area contributed by atoms with Crippen molar-refractivity contribution < 1.29 is 5.11 Å². The van der Waals surface area contributed by atoms with Crippen LogP contribution in [-0.2, 0) is 0 Å². The van der Waals surface area contributed by atoms with Crippen LogP contribution in [0.3, 0.4) is 0 Å². The molecular formula is C16H16IN5O. The topological polar surface area (TPSA) is 102 Å². The number of fused-ring (bicyclic) bond motifs is 1. The molecular weight excluding hydrogens is 405 g/mol. The maximum atomic E-state index is 10.7. The van der Waals surface area contributed by atoms with Crippen molar-refractivity contribution >= 4 is 33.5 Å². The Morgan fingerprint density at radius 3 is 2.43 bits per heavy atom. The Hall–Kier alpha value is -1.97. The maximum Gasteiger partial charge on any atom is 0.163 e. The van der Waals surface area contributed by atoms with Gasteiger partial charge in [-0.15, -0.1) is 0 Å². The van der Waals surface area contributed by atoms with Gasteiger partial charge in [0.05, 0.1) is 5.52 Å². The average Bonchev–Trinajstić information content (AvgIpc) is 2.57. The normalized spacial score (nSPS) is 14.8. The molecule has 3 rings (SSSR count). The first-order valence-electron chi connectivity index (χ1n) is 7.01. The third-order valence-electron chi connectivity index (χ3n) is 3.46. The second-order valence-electron chi connectivity index (χ2n) is 5.00. The van der Waals surface area contributed by atoms with Gasteiger partial charge in [0.1, 0.15) is 6.10 Å². The third-order valence-corrected chi connectivity index (χ3v) is 3.74. The monoisotopic (exact) mass is 421 g/mol. The summed E-state index contributed by atoms with van der Waals surface area (Å²) in [5, 5.41) is 11.4. The molecule has 0 fully saturated rings. The lowest BCUT2D eigenvalue weighted by Crippen LogP contribution is -2.35. The smallest absolute Gasteiger partial charge is 0.163 e. The van der Waals surface area contributed by atoms with E-state index in [1.165, 1.54) is 4.68 Å². The van der Waals surface area contributed by atoms with Crippen molar-refractivity contribution in [2.24, 2.45) is 10.7 Å². The third kappa shape index (κ3) is 3.21. The van der Waals surface area contributed by atoms with Crippen LogP contribution in [0.2, 0.25) is 0 Å². The van der Waals surface area contributed by atoms with Crippen LogP contribution in [-0.4, -0.2) is 18.9 Å². The molecule has 1 heterocycles. The Morgan fingerprint density at radius 1 is 1.09 bits per heavy atom. The summed E-state index contributed by atoms with van der Waals surface area (Å²) in [7, 11) is 0. The van der Waals surface area contributed by atoms with E-state index in [9.17, 15) is 5.11 Å². The van der Waals surface area contributed by atoms with Crippen molar-refractivity contribution in [2.45, 2.75) is 10.3 Å². The minimum absolute atomic E-state index is 0.311. The first-order valence-corrected chi connectivity index (χ1v) is 8.26. The molecule has 5 N–H and O–H groups in total. The minimum atomic E-state index is -0.954. The molecule has 0 saturated carbocycles. The van der Waals surface area contributed by atoms with Gasteiger partial charge >= 0.3 is 0 Å². The van der Waals surface area contributed by atoms with Gasteiger partial charge in [-0.25, -0.2) is 14.7 Å². The molecule has 0 aliphatic carbocycles. The van der Waals surface area contributed by atoms with E-state index in [4.69, 9.17) is 11.6 Å². The van der Waals surface area contributed by atoms with Crippen molar-refractivity contribution in [2.75, 3.05) is 5.84 Å². The summed E-state index contributed by atoms with van der Waals surface area (Å²) in [4.78, 5) is 8.88. The largest absolute Gasteiger partial charge is 0.380 e. The Balaban J connectivity index is 2.28. The van der Waals surface area contributed by atoms with Gasteiger partial charge in [0.25, 0.3) is 0 Å². The Labute approximate surface area is 146 Å². The number of rotatable bonds is 3. The number of para-hydroxylation sites is 1. The van der Waals surface area contributed by atoms with Crippen molar-refractivity contribution in [3.05, 3.63) is 71.5 Å². The van der Waals surface area contributed by atoms with Gasteiger partial charge in [-0.2, -0.15) is 0 Å². The number of aliphatic hydroxyl groups is 1. The van der Waals surface area contributed by atoms with Crippen LogP contribution in [0.5, 0.6) is 0 Å². The van der Waals surface area contributed by atoms with Gasteiger partial charge in [-0.1, -0.05) is 42.5 Å². The van der Waals surface area contributed by atoms with Gasteiger partial charge in [-0.3, -0.25) is 0 Å². The molecule has 0 aliphatic rings. The highest BCUT2D eigenvalue weighted by Crippen LogP contribution is 2.20. The molecule has 0 amide bonds. The molecule has 118 valence electrons. The van der Waals surface area contributed by atoms with E-state index in [2.05, 4.69) is 9.98 Å². The fourth-order valence-corrected chi connectivity index (χ4v) is 2.67. The summed E-state index contributed by atoms with van der Waals surface area (Å²) < 4.78 is 0.855. The molecule has 0 saturated heterocycles. The Kier molecular flexibility index (Phi) is 4.60. The van der Waals surface area contributed by atoms with Gasteiger partial charge in [0, 0.05) is 5.39 Å². The van der Waals surface area contributed by atoms with E-state index < -0.39 is 10.3 Å². The molecule has 0 bridgehead atoms. The predicted octanol–water partition coefficient (Wildman–Crippen LogP) is 1.41. The summed E-state index contributed by atoms with van der Waals surface area (Å²) in [6, 6.07) is 16.7. The number of nitrogen functional groups attached to an aromatic ring is 1. The highest BCUT2D eigenvalue weighted by Gasteiger charge is 2.17. The van der Waals surface area contributed by atoms with Gasteiger partial charge in [0.15, 0.2) is 15.5 Å². The van der Waals surface area contributed by atoms with E-state index in [0.29, 0.717) is 22.4 Å². The van der Waals surface area contributed by atoms with E-state index >= 15 is 0 Å². The number of halogens is 1. The number of aromatic nitrogens is 2. The fourth-order valence-electron chi connectivity index (χ4n) is 2.40. The van der Waals surface area contributed by atoms with Crippen LogP contribution in [0.1, 0.15) is 17.5 Å². The number of nitrogens with zero attached hydrogens (tertiary/aromatic N) is 3. The zero-order valence-corrected chi connectivity index (χ0v) is 14.3. The van der Waals surface area contributed by atoms with Gasteiger partial charge in [-0.05, 0) is 40.3 Å². The number of hydrogen-bond acceptors (Lipinski definition) is 5. The van der Waals surface area contributed by atoms with E-state index in [-0.39, 0.29) is 0 Å². The summed E-state index contributed by atoms with van der Waals surface area (Å²) >= 11 is 2.00. The second-order valence-corrected chi connectivity index (χ2v) is 6.27. The number of benzene rings is 2. The molecule has 2 aromatic carbocycles. The number of aliphatic hydroxyl groups excluding tert-OH is 1. The van der Waals surface area contributed by atoms with Crippen molar-refractivity contribution in [1.82, 2.24) is 9.66 Å². The Morgan fingerprint density at radius 2 is 1.74 bits per heavy atom. The minimum Gasteiger partial charge on any atom is -0.380 e. The van der Waals surface area contributed by atoms with Crippen LogP contribution in [0.25, 0.3) is 10.9 Å². The van der Waals surface area contributed by atoms with Crippen LogP contribution in [0.4, 0.5) is 0 Å². The van der Waals surface area contributed by atoms with E-state index in [1.807, 2.05) is 77.2 Å². The summed E-state index contributed by atoms with van der Waals surface area (Å²) in [6.07, 6.45) is -0.954. The van der Waals surface area contributed by atoms with Crippen molar-refractivity contribution in [3.63, 3.8) is 0 Å². The lowest BCUT2D eigenvalue weighted by Gasteiger charge is -2.16. The maximum absolute atomic E-state index is 10.7. The first kappa shape index (κ1) is 15.9. The SMILES string of the molecule is NC(I)/N=c1/c2ccccc2nc([C@@H](O)c2ccccc2)n1N. The average molecular weight is 421 g/mol. The zero-order chi connectivity index (χ0) is 16.4. The van der Waals surface area contributed by atoms with Crippen LogP contribution in [0.15, 0.2) is 59.6 Å². The van der Waals surface area contributed by atoms with Crippen LogP contribution >= 0.6 is 22.6 Å². The molecule has 1 unspecified atom stereocenters. The van der Waals surface area contributed by atoms with Gasteiger partial charge < -0.3 is 16.7 Å². The summed E-state index contributed by atoms with van der Waals surface area (Å²) in [6.45, 7) is 0. The number of alkyl halides is 1. The standard InChI is InChI=1S/C16H16IN5O/c17-16(18)21-14-11-8-4-5-9-12(11)20-15(22(14)19)13(23)10-6-2-1-3-7-10/h1-9,13,16,23H,18-19H2/b21-14-/t13-,16?/m0/s1. The second kappa shape index (κ2) is 6.65. The number of hydrogen-bond donors (Lipinski definition) is 3. The highest BCUT2D eigenvalue weighted by atomic mass is 127. The summed E-state index contributed by atoms with van der Waals surface area (Å²) in [5.41, 5.74) is 7.69. The molecule has 6 nitrogen and oxygen atoms in total. The lowest BCUT2D eigenvalue weighted by atomic mass is 10.1. The highest BCUT2D eigenvalue weighted by molar-refractivity contribution is 14.1. The zero-order valence-electron chi connectivity index (χ0n) is 12.2. The quantitative estimate of drug-likeness (QED) is 0.258. The van der Waals surface area contributed by atoms with Crippen LogP contribution < -0.4 is 17.1 Å². The molecule has 7 heteroatoms. The molecule has 23 heavy (non-hydrogen) atoms. The molecule has 0 spiro atoms. The molecule has 0 radical (unpaired) electrons. The Bertz CT molecular complexity index is 892. The van der Waals surface area contributed by atoms with E-state index in [1.54, 1.807) is 0 Å². The van der Waals surface area contributed by atoms with Crippen molar-refractivity contribution in [3.8, 4) is 0 Å². The number of nitrogens with two attached hydrogens (primary N) is 2. The molecule has 3 aromatic rings. The van der Waals surface area contributed by atoms with E-state index in [0.717, 1.165) is 5.39 Å². The molecule has 1 aromatic heterocycles. The molecule has 2 atom stereocenters. The molecule has 0 aliphatic heterocycles. The summed E-state index contributed by atoms with van der Waals surface area (Å²) in [5.74, 6) is 6.49. The lowest BCUT2D eigenvalue weighted by molar-refractivity contribution is 0.205. The van der Waals surface area contributed by atoms with Crippen molar-refractivity contribution in [1.29, 1.82) is 0 Å². The first-order chi connectivity index (χ1) is 11.1. The van der Waals surface area contributed by atoms with Crippen LogP contribution in [0, 0.1) is 0 Å². The van der Waals surface area contributed by atoms with Gasteiger partial charge in [0.2, 0.25) is 0 Å².